The van der Waals surface area contributed by atoms with Gasteiger partial charge in [-0.05, 0) is 33.0 Å². The molecule has 0 radical (unpaired) electrons. The summed E-state index contributed by atoms with van der Waals surface area (Å²) in [7, 11) is 1.89. The number of benzene rings is 1. The Kier molecular flexibility index (Phi) is 4.90. The number of para-hydroxylation sites is 1. The molecule has 17 heavy (non-hydrogen) atoms. The van der Waals surface area contributed by atoms with Gasteiger partial charge in [0.05, 0.1) is 5.60 Å². The average Bonchev–Trinajstić information content (AvgIpc) is 2.18. The fraction of sp³-hybridized carbons (Fsp3) is 0.538. The van der Waals surface area contributed by atoms with Crippen LogP contribution in [0.3, 0.4) is 0 Å². The molecule has 0 saturated heterocycles. The van der Waals surface area contributed by atoms with Crippen LogP contribution in [0.4, 0.5) is 4.39 Å². The molecule has 0 aliphatic rings. The van der Waals surface area contributed by atoms with Crippen LogP contribution in [0, 0.1) is 5.82 Å². The molecule has 96 valence electrons. The van der Waals surface area contributed by atoms with Gasteiger partial charge in [-0.15, -0.1) is 0 Å². The average molecular weight is 241 g/mol. The van der Waals surface area contributed by atoms with Crippen LogP contribution in [0.1, 0.15) is 13.8 Å². The second kappa shape index (κ2) is 5.98. The van der Waals surface area contributed by atoms with E-state index in [4.69, 9.17) is 4.74 Å². The Labute approximate surface area is 102 Å². The van der Waals surface area contributed by atoms with Crippen LogP contribution in [0.15, 0.2) is 24.3 Å². The smallest absolute Gasteiger partial charge is 0.165 e. The number of halogens is 1. The van der Waals surface area contributed by atoms with Crippen molar-refractivity contribution >= 4 is 0 Å². The van der Waals surface area contributed by atoms with E-state index < -0.39 is 5.60 Å². The monoisotopic (exact) mass is 241 g/mol. The first-order chi connectivity index (χ1) is 7.88. The molecule has 0 heterocycles. The Bertz CT molecular complexity index is 350. The van der Waals surface area contributed by atoms with Gasteiger partial charge in [0.1, 0.15) is 6.61 Å². The van der Waals surface area contributed by atoms with Gasteiger partial charge >= 0.3 is 0 Å². The summed E-state index contributed by atoms with van der Waals surface area (Å²) in [6.07, 6.45) is 0. The van der Waals surface area contributed by atoms with Gasteiger partial charge in [-0.25, -0.2) is 4.39 Å². The zero-order valence-corrected chi connectivity index (χ0v) is 10.6. The maximum Gasteiger partial charge on any atom is 0.165 e. The summed E-state index contributed by atoms with van der Waals surface area (Å²) in [4.78, 5) is 1.95. The van der Waals surface area contributed by atoms with Crippen molar-refractivity contribution in [2.75, 3.05) is 26.7 Å². The van der Waals surface area contributed by atoms with E-state index in [9.17, 15) is 9.50 Å². The Morgan fingerprint density at radius 1 is 1.35 bits per heavy atom. The number of hydrogen-bond donors (Lipinski definition) is 1. The summed E-state index contributed by atoms with van der Waals surface area (Å²) in [5, 5.41) is 9.61. The lowest BCUT2D eigenvalue weighted by atomic mass is 10.1. The van der Waals surface area contributed by atoms with Crippen molar-refractivity contribution in [3.05, 3.63) is 30.1 Å². The van der Waals surface area contributed by atoms with E-state index in [0.717, 1.165) is 0 Å². The van der Waals surface area contributed by atoms with Gasteiger partial charge in [-0.2, -0.15) is 0 Å². The number of rotatable bonds is 6. The molecular weight excluding hydrogens is 221 g/mol. The fourth-order valence-electron chi connectivity index (χ4n) is 1.61. The topological polar surface area (TPSA) is 32.7 Å². The number of nitrogens with zero attached hydrogens (tertiary/aromatic N) is 1. The van der Waals surface area contributed by atoms with Crippen LogP contribution < -0.4 is 4.74 Å². The second-order valence-electron chi connectivity index (χ2n) is 4.83. The molecule has 1 N–H and O–H groups in total. The van der Waals surface area contributed by atoms with E-state index in [1.54, 1.807) is 32.0 Å². The minimum Gasteiger partial charge on any atom is -0.489 e. The first kappa shape index (κ1) is 13.9. The van der Waals surface area contributed by atoms with Crippen molar-refractivity contribution in [3.8, 4) is 5.75 Å². The quantitative estimate of drug-likeness (QED) is 0.825. The zero-order chi connectivity index (χ0) is 12.9. The largest absolute Gasteiger partial charge is 0.489 e. The Morgan fingerprint density at radius 3 is 2.59 bits per heavy atom. The van der Waals surface area contributed by atoms with Gasteiger partial charge in [0, 0.05) is 13.1 Å². The highest BCUT2D eigenvalue weighted by atomic mass is 19.1. The van der Waals surface area contributed by atoms with Crippen LogP contribution in [0.2, 0.25) is 0 Å². The molecule has 3 nitrogen and oxygen atoms in total. The predicted octanol–water partition coefficient (Wildman–Crippen LogP) is 1.91. The maximum absolute atomic E-state index is 13.2. The predicted molar refractivity (Wildman–Crippen MR) is 65.7 cm³/mol. The summed E-state index contributed by atoms with van der Waals surface area (Å²) in [5.41, 5.74) is -0.729. The standard InChI is InChI=1S/C13H20FNO2/c1-13(2,16)10-15(3)8-9-17-12-7-5-4-6-11(12)14/h4-7,16H,8-10H2,1-3H3. The molecule has 0 unspecified atom stereocenters. The maximum atomic E-state index is 13.2. The van der Waals surface area contributed by atoms with Crippen molar-refractivity contribution in [1.29, 1.82) is 0 Å². The lowest BCUT2D eigenvalue weighted by molar-refractivity contribution is 0.0410. The summed E-state index contributed by atoms with van der Waals surface area (Å²) in [6.45, 7) is 5.09. The zero-order valence-electron chi connectivity index (χ0n) is 10.6. The molecule has 0 bridgehead atoms. The van der Waals surface area contributed by atoms with Crippen LogP contribution in [-0.2, 0) is 0 Å². The molecule has 4 heteroatoms. The molecule has 0 aliphatic carbocycles. The number of aliphatic hydroxyl groups is 1. The second-order valence-corrected chi connectivity index (χ2v) is 4.83. The molecule has 1 aromatic carbocycles. The van der Waals surface area contributed by atoms with Crippen LogP contribution >= 0.6 is 0 Å². The van der Waals surface area contributed by atoms with Crippen molar-refractivity contribution < 1.29 is 14.2 Å². The molecule has 0 spiro atoms. The third kappa shape index (κ3) is 5.65. The summed E-state index contributed by atoms with van der Waals surface area (Å²) in [6, 6.07) is 6.34. The van der Waals surface area contributed by atoms with Crippen LogP contribution in [-0.4, -0.2) is 42.4 Å². The van der Waals surface area contributed by atoms with Crippen molar-refractivity contribution in [1.82, 2.24) is 4.90 Å². The summed E-state index contributed by atoms with van der Waals surface area (Å²) in [5.74, 6) is -0.0817. The lowest BCUT2D eigenvalue weighted by Gasteiger charge is -2.25. The molecule has 0 aromatic heterocycles. The van der Waals surface area contributed by atoms with E-state index in [-0.39, 0.29) is 11.6 Å². The van der Waals surface area contributed by atoms with Crippen LogP contribution in [0.25, 0.3) is 0 Å². The highest BCUT2D eigenvalue weighted by Crippen LogP contribution is 2.15. The van der Waals surface area contributed by atoms with Gasteiger partial charge in [0.15, 0.2) is 11.6 Å². The number of hydrogen-bond acceptors (Lipinski definition) is 3. The molecule has 0 atom stereocenters. The summed E-state index contributed by atoms with van der Waals surface area (Å²) < 4.78 is 18.5. The van der Waals surface area contributed by atoms with Crippen molar-refractivity contribution in [2.24, 2.45) is 0 Å². The van der Waals surface area contributed by atoms with Crippen molar-refractivity contribution in [2.45, 2.75) is 19.4 Å². The first-order valence-electron chi connectivity index (χ1n) is 5.67. The van der Waals surface area contributed by atoms with Gasteiger partial charge in [-0.1, -0.05) is 12.1 Å². The number of ether oxygens (including phenoxy) is 1. The third-order valence-electron chi connectivity index (χ3n) is 2.22. The minimum absolute atomic E-state index is 0.268. The fourth-order valence-corrected chi connectivity index (χ4v) is 1.61. The van der Waals surface area contributed by atoms with Gasteiger partial charge in [0.2, 0.25) is 0 Å². The van der Waals surface area contributed by atoms with E-state index in [2.05, 4.69) is 0 Å². The molecule has 1 aromatic rings. The normalized spacial score (nSPS) is 11.9. The molecule has 0 amide bonds. The summed E-state index contributed by atoms with van der Waals surface area (Å²) >= 11 is 0. The molecule has 1 rings (SSSR count). The van der Waals surface area contributed by atoms with Gasteiger partial charge in [0.25, 0.3) is 0 Å². The lowest BCUT2D eigenvalue weighted by Crippen LogP contribution is -2.38. The minimum atomic E-state index is -0.729. The van der Waals surface area contributed by atoms with E-state index >= 15 is 0 Å². The third-order valence-corrected chi connectivity index (χ3v) is 2.22. The van der Waals surface area contributed by atoms with Gasteiger partial charge < -0.3 is 14.7 Å². The highest BCUT2D eigenvalue weighted by Gasteiger charge is 2.15. The first-order valence-corrected chi connectivity index (χ1v) is 5.67. The Balaban J connectivity index is 2.31. The molecular formula is C13H20FNO2. The highest BCUT2D eigenvalue weighted by molar-refractivity contribution is 5.23. The van der Waals surface area contributed by atoms with Gasteiger partial charge in [-0.3, -0.25) is 0 Å². The number of likely N-dealkylation sites (N-methyl/N-ethyl adjacent to an activating group) is 1. The molecule has 0 fully saturated rings. The van der Waals surface area contributed by atoms with Crippen LogP contribution in [0.5, 0.6) is 5.75 Å². The SMILES string of the molecule is CN(CCOc1ccccc1F)CC(C)(C)O. The molecule has 0 saturated carbocycles. The van der Waals surface area contributed by atoms with E-state index in [1.807, 2.05) is 11.9 Å². The van der Waals surface area contributed by atoms with E-state index in [1.165, 1.54) is 6.07 Å². The Hall–Kier alpha value is -1.13. The van der Waals surface area contributed by atoms with Crippen molar-refractivity contribution in [3.63, 3.8) is 0 Å². The Morgan fingerprint density at radius 2 is 2.00 bits per heavy atom. The molecule has 0 aliphatic heterocycles. The van der Waals surface area contributed by atoms with E-state index in [0.29, 0.717) is 19.7 Å².